The predicted octanol–water partition coefficient (Wildman–Crippen LogP) is 4.69. The molecule has 8 nitrogen and oxygen atoms in total. The number of alkyl halides is 3. The largest absolute Gasteiger partial charge is 0.573 e. The van der Waals surface area contributed by atoms with Crippen molar-refractivity contribution in [1.29, 1.82) is 0 Å². The molecule has 2 fully saturated rings. The molecule has 2 saturated heterocycles. The molecule has 5 rings (SSSR count). The molecule has 1 aromatic carbocycles. The molecular weight excluding hydrogens is 487 g/mol. The zero-order valence-corrected chi connectivity index (χ0v) is 20.2. The van der Waals surface area contributed by atoms with E-state index in [-0.39, 0.29) is 29.0 Å². The zero-order valence-electron chi connectivity index (χ0n) is 20.2. The average Bonchev–Trinajstić information content (AvgIpc) is 3.31. The summed E-state index contributed by atoms with van der Waals surface area (Å²) < 4.78 is 41.2. The van der Waals surface area contributed by atoms with Crippen LogP contribution in [0.2, 0.25) is 0 Å². The van der Waals surface area contributed by atoms with Crippen molar-refractivity contribution in [2.45, 2.75) is 44.4 Å². The molecule has 37 heavy (non-hydrogen) atoms. The molecule has 0 radical (unpaired) electrons. The van der Waals surface area contributed by atoms with Gasteiger partial charge in [-0.3, -0.25) is 9.59 Å². The highest BCUT2D eigenvalue weighted by molar-refractivity contribution is 5.99. The van der Waals surface area contributed by atoms with E-state index in [4.69, 9.17) is 5.73 Å². The predicted molar refractivity (Wildman–Crippen MR) is 131 cm³/mol. The summed E-state index contributed by atoms with van der Waals surface area (Å²) in [4.78, 5) is 37.2. The fourth-order valence-electron chi connectivity index (χ4n) is 5.25. The second-order valence-electron chi connectivity index (χ2n) is 9.58. The van der Waals surface area contributed by atoms with Crippen LogP contribution in [-0.2, 0) is 0 Å². The third-order valence-corrected chi connectivity index (χ3v) is 7.16. The SMILES string of the molecule is Nc1cc(OC(F)(F)F)ccc1C(=O)N1CCC(c2c[nH]c3ncc(C(=O)N4CCCCC4)cc23)CC1. The fraction of sp³-hybridized carbons (Fsp3) is 0.423. The second kappa shape index (κ2) is 9.95. The van der Waals surface area contributed by atoms with Crippen molar-refractivity contribution >= 4 is 28.5 Å². The van der Waals surface area contributed by atoms with E-state index < -0.39 is 12.1 Å². The number of nitrogens with zero attached hydrogens (tertiary/aromatic N) is 3. The summed E-state index contributed by atoms with van der Waals surface area (Å²) in [6.45, 7) is 2.48. The molecule has 196 valence electrons. The third kappa shape index (κ3) is 5.35. The Morgan fingerprint density at radius 2 is 1.70 bits per heavy atom. The summed E-state index contributed by atoms with van der Waals surface area (Å²) in [6, 6.07) is 5.27. The number of pyridine rings is 1. The Hall–Kier alpha value is -3.76. The molecule has 0 unspecified atom stereocenters. The van der Waals surface area contributed by atoms with E-state index in [2.05, 4.69) is 14.7 Å². The number of hydrogen-bond donors (Lipinski definition) is 2. The minimum Gasteiger partial charge on any atom is -0.406 e. The van der Waals surface area contributed by atoms with Crippen LogP contribution in [0, 0.1) is 0 Å². The van der Waals surface area contributed by atoms with E-state index in [9.17, 15) is 22.8 Å². The normalized spacial score (nSPS) is 17.3. The maximum Gasteiger partial charge on any atom is 0.573 e. The lowest BCUT2D eigenvalue weighted by molar-refractivity contribution is -0.274. The van der Waals surface area contributed by atoms with Crippen molar-refractivity contribution in [3.63, 3.8) is 0 Å². The molecule has 2 amide bonds. The fourth-order valence-corrected chi connectivity index (χ4v) is 5.25. The van der Waals surface area contributed by atoms with Crippen LogP contribution in [0.1, 0.15) is 64.3 Å². The van der Waals surface area contributed by atoms with Crippen molar-refractivity contribution in [2.24, 2.45) is 0 Å². The van der Waals surface area contributed by atoms with Crippen molar-refractivity contribution in [3.05, 3.63) is 53.3 Å². The number of fused-ring (bicyclic) bond motifs is 1. The molecule has 11 heteroatoms. The van der Waals surface area contributed by atoms with Gasteiger partial charge in [-0.25, -0.2) is 4.98 Å². The lowest BCUT2D eigenvalue weighted by Gasteiger charge is -2.32. The molecule has 0 saturated carbocycles. The lowest BCUT2D eigenvalue weighted by atomic mass is 9.89. The lowest BCUT2D eigenvalue weighted by Crippen LogP contribution is -2.38. The minimum absolute atomic E-state index is 0.00547. The van der Waals surface area contributed by atoms with Crippen LogP contribution >= 0.6 is 0 Å². The topological polar surface area (TPSA) is 105 Å². The monoisotopic (exact) mass is 515 g/mol. The Kier molecular flexibility index (Phi) is 6.70. The van der Waals surface area contributed by atoms with Gasteiger partial charge in [0, 0.05) is 55.7 Å². The minimum atomic E-state index is -4.83. The number of likely N-dealkylation sites (tertiary alicyclic amines) is 2. The van der Waals surface area contributed by atoms with Crippen LogP contribution < -0.4 is 10.5 Å². The van der Waals surface area contributed by atoms with Gasteiger partial charge in [0.05, 0.1) is 11.1 Å². The first-order valence-corrected chi connectivity index (χ1v) is 12.4. The number of nitrogens with two attached hydrogens (primary N) is 1. The number of nitrogens with one attached hydrogen (secondary N) is 1. The molecule has 2 aliphatic heterocycles. The smallest absolute Gasteiger partial charge is 0.406 e. The number of nitrogen functional groups attached to an aromatic ring is 1. The van der Waals surface area contributed by atoms with Crippen LogP contribution in [0.5, 0.6) is 5.75 Å². The van der Waals surface area contributed by atoms with Crippen molar-refractivity contribution in [3.8, 4) is 5.75 Å². The van der Waals surface area contributed by atoms with Gasteiger partial charge in [-0.2, -0.15) is 0 Å². The first-order valence-electron chi connectivity index (χ1n) is 12.4. The van der Waals surface area contributed by atoms with Crippen molar-refractivity contribution in [2.75, 3.05) is 31.9 Å². The summed E-state index contributed by atoms with van der Waals surface area (Å²) in [6.07, 6.45) is 3.28. The number of rotatable bonds is 4. The summed E-state index contributed by atoms with van der Waals surface area (Å²) in [5.41, 5.74) is 8.31. The molecular formula is C26H28F3N5O3. The van der Waals surface area contributed by atoms with E-state index in [1.807, 2.05) is 17.2 Å². The van der Waals surface area contributed by atoms with Crippen molar-refractivity contribution in [1.82, 2.24) is 19.8 Å². The Balaban J connectivity index is 1.27. The van der Waals surface area contributed by atoms with Crippen molar-refractivity contribution < 1.29 is 27.5 Å². The van der Waals surface area contributed by atoms with E-state index in [0.717, 1.165) is 61.1 Å². The maximum absolute atomic E-state index is 13.0. The second-order valence-corrected chi connectivity index (χ2v) is 9.58. The highest BCUT2D eigenvalue weighted by Gasteiger charge is 2.32. The first kappa shape index (κ1) is 24.9. The highest BCUT2D eigenvalue weighted by atomic mass is 19.4. The van der Waals surface area contributed by atoms with E-state index >= 15 is 0 Å². The number of hydrogen-bond acceptors (Lipinski definition) is 5. The maximum atomic E-state index is 13.0. The van der Waals surface area contributed by atoms with Gasteiger partial charge in [-0.05, 0) is 61.8 Å². The summed E-state index contributed by atoms with van der Waals surface area (Å²) in [7, 11) is 0. The van der Waals surface area contributed by atoms with Crippen LogP contribution in [0.3, 0.4) is 0 Å². The number of benzene rings is 1. The average molecular weight is 516 g/mol. The zero-order chi connectivity index (χ0) is 26.2. The van der Waals surface area contributed by atoms with Gasteiger partial charge >= 0.3 is 6.36 Å². The van der Waals surface area contributed by atoms with Crippen LogP contribution in [0.15, 0.2) is 36.7 Å². The molecule has 0 spiro atoms. The van der Waals surface area contributed by atoms with Crippen LogP contribution in [0.25, 0.3) is 11.0 Å². The summed E-state index contributed by atoms with van der Waals surface area (Å²) in [5.74, 6) is -0.624. The van der Waals surface area contributed by atoms with Gasteiger partial charge in [0.15, 0.2) is 0 Å². The number of piperidine rings is 2. The number of amides is 2. The Labute approximate surface area is 211 Å². The number of carbonyl (C=O) groups is 2. The standard InChI is InChI=1S/C26H28F3N5O3/c27-26(28,29)37-18-4-5-19(22(30)13-18)25(36)34-10-6-16(7-11-34)21-15-32-23-20(21)12-17(14-31-23)24(35)33-8-2-1-3-9-33/h4-5,12-16H,1-3,6-11,30H2,(H,31,32). The van der Waals surface area contributed by atoms with Gasteiger partial charge in [0.25, 0.3) is 11.8 Å². The molecule has 4 heterocycles. The van der Waals surface area contributed by atoms with Gasteiger partial charge in [0.2, 0.25) is 0 Å². The number of aromatic amines is 1. The number of aromatic nitrogens is 2. The molecule has 0 aliphatic carbocycles. The summed E-state index contributed by atoms with van der Waals surface area (Å²) in [5, 5.41) is 0.914. The van der Waals surface area contributed by atoms with Gasteiger partial charge < -0.3 is 25.3 Å². The van der Waals surface area contributed by atoms with Gasteiger partial charge in [-0.1, -0.05) is 0 Å². The molecule has 0 atom stereocenters. The Morgan fingerprint density at radius 3 is 2.38 bits per heavy atom. The summed E-state index contributed by atoms with van der Waals surface area (Å²) >= 11 is 0. The molecule has 3 aromatic rings. The van der Waals surface area contributed by atoms with Gasteiger partial charge in [0.1, 0.15) is 11.4 Å². The third-order valence-electron chi connectivity index (χ3n) is 7.16. The number of anilines is 1. The molecule has 3 N–H and O–H groups in total. The molecule has 2 aromatic heterocycles. The van der Waals surface area contributed by atoms with E-state index in [1.54, 1.807) is 11.1 Å². The number of halogens is 3. The van der Waals surface area contributed by atoms with Crippen LogP contribution in [-0.4, -0.2) is 64.1 Å². The Bertz CT molecular complexity index is 1310. The number of H-pyrrole nitrogens is 1. The van der Waals surface area contributed by atoms with E-state index in [1.165, 1.54) is 6.07 Å². The first-order chi connectivity index (χ1) is 17.7. The Morgan fingerprint density at radius 1 is 1.00 bits per heavy atom. The quantitative estimate of drug-likeness (QED) is 0.491. The van der Waals surface area contributed by atoms with E-state index in [0.29, 0.717) is 31.5 Å². The number of carbonyl (C=O) groups excluding carboxylic acids is 2. The molecule has 0 bridgehead atoms. The number of ether oxygens (including phenoxy) is 1. The molecule has 2 aliphatic rings. The van der Waals surface area contributed by atoms with Crippen LogP contribution in [0.4, 0.5) is 18.9 Å². The van der Waals surface area contributed by atoms with Gasteiger partial charge in [-0.15, -0.1) is 13.2 Å². The highest BCUT2D eigenvalue weighted by Crippen LogP contribution is 2.34.